The van der Waals surface area contributed by atoms with Crippen molar-refractivity contribution in [1.29, 1.82) is 0 Å². The van der Waals surface area contributed by atoms with Crippen LogP contribution in [0.25, 0.3) is 22.1 Å². The van der Waals surface area contributed by atoms with Crippen molar-refractivity contribution in [2.75, 3.05) is 56.6 Å². The number of piperazine rings is 1. The third kappa shape index (κ3) is 10.7. The minimum Gasteiger partial charge on any atom is -0.478 e. The first-order valence-electron chi connectivity index (χ1n) is 26.8. The molecule has 0 unspecified atom stereocenters. The summed E-state index contributed by atoms with van der Waals surface area (Å²) in [7, 11) is -3.38. The highest BCUT2D eigenvalue weighted by atomic mass is 32.2. The number of halogens is 1. The Morgan fingerprint density at radius 1 is 1.00 bits per heavy atom. The summed E-state index contributed by atoms with van der Waals surface area (Å²) < 4.78 is 62.3. The van der Waals surface area contributed by atoms with Crippen LogP contribution in [0.15, 0.2) is 101 Å². The van der Waals surface area contributed by atoms with Crippen LogP contribution < -0.4 is 24.4 Å². The summed E-state index contributed by atoms with van der Waals surface area (Å²) in [6.45, 7) is 11.7. The number of aromatic amines is 1. The number of amides is 1. The average Bonchev–Trinajstić information content (AvgIpc) is 4.21. The molecule has 1 amide bonds. The number of nitrogens with one attached hydrogen (secondary N) is 3. The Kier molecular flexibility index (Phi) is 14.4. The molecule has 11 rings (SSSR count). The molecule has 78 heavy (non-hydrogen) atoms. The Balaban J connectivity index is 0.806. The fourth-order valence-corrected chi connectivity index (χ4v) is 13.2. The second-order valence-electron chi connectivity index (χ2n) is 22.3. The number of sulfonamides is 1. The van der Waals surface area contributed by atoms with Crippen molar-refractivity contribution in [3.63, 3.8) is 0 Å². The molecule has 2 aliphatic heterocycles. The number of carbonyl (C=O) groups is 1. The van der Waals surface area contributed by atoms with Crippen LogP contribution in [0, 0.1) is 27.3 Å². The van der Waals surface area contributed by atoms with Crippen molar-refractivity contribution >= 4 is 55.3 Å². The van der Waals surface area contributed by atoms with Crippen LogP contribution in [-0.4, -0.2) is 112 Å². The first kappa shape index (κ1) is 52.8. The normalized spacial score (nSPS) is 21.2. The Labute approximate surface area is 451 Å². The Bertz CT molecular complexity index is 3490. The number of carbonyl (C=O) groups excluding carboxylic acids is 1. The van der Waals surface area contributed by atoms with Crippen LogP contribution in [0.2, 0.25) is 0 Å². The zero-order valence-electron chi connectivity index (χ0n) is 44.2. The molecule has 2 aromatic carbocycles. The number of nitrogens with zero attached hydrogens (tertiary/aromatic N) is 7. The number of benzene rings is 2. The topological polar surface area (TPSA) is 234 Å². The van der Waals surface area contributed by atoms with Crippen molar-refractivity contribution < 1.29 is 41.5 Å². The summed E-state index contributed by atoms with van der Waals surface area (Å²) in [5.41, 5.74) is 4.20. The zero-order valence-corrected chi connectivity index (χ0v) is 45.0. The van der Waals surface area contributed by atoms with Gasteiger partial charge in [-0.15, -0.1) is 0 Å². The zero-order chi connectivity index (χ0) is 54.5. The molecule has 4 fully saturated rings. The van der Waals surface area contributed by atoms with E-state index in [1.54, 1.807) is 25.3 Å². The van der Waals surface area contributed by atoms with Gasteiger partial charge in [0.1, 0.15) is 22.1 Å². The molecule has 1 spiro atoms. The maximum Gasteiger partial charge on any atom is 0.312 e. The number of ether oxygens (including phenoxy) is 2. The number of furan rings is 1. The number of hydrogen-bond donors (Lipinski definition) is 4. The lowest BCUT2D eigenvalue weighted by Gasteiger charge is -2.58. The molecule has 2 aliphatic carbocycles. The van der Waals surface area contributed by atoms with Crippen LogP contribution in [-0.2, 0) is 16.6 Å². The van der Waals surface area contributed by atoms with E-state index in [0.29, 0.717) is 49.9 Å². The summed E-state index contributed by atoms with van der Waals surface area (Å²) in [6.07, 6.45) is 12.3. The summed E-state index contributed by atoms with van der Waals surface area (Å²) in [4.78, 5) is 48.3. The molecule has 19 nitrogen and oxygen atoms in total. The average molecular weight is 1090 g/mol. The molecule has 7 heterocycles. The van der Waals surface area contributed by atoms with Gasteiger partial charge in [0.05, 0.1) is 41.0 Å². The van der Waals surface area contributed by atoms with E-state index >= 15 is 0 Å². The number of anilines is 2. The highest BCUT2D eigenvalue weighted by molar-refractivity contribution is 7.90. The van der Waals surface area contributed by atoms with Crippen LogP contribution in [0.3, 0.4) is 0 Å². The van der Waals surface area contributed by atoms with E-state index in [1.807, 2.05) is 12.3 Å². The lowest BCUT2D eigenvalue weighted by molar-refractivity contribution is -0.384. The molecule has 0 bridgehead atoms. The minimum absolute atomic E-state index is 0.0172. The number of piperidine rings is 1. The summed E-state index contributed by atoms with van der Waals surface area (Å²) in [5, 5.41) is 26.7. The Morgan fingerprint density at radius 3 is 2.54 bits per heavy atom. The molecular formula is C57H65FN10O9S. The minimum atomic E-state index is -4.75. The lowest BCUT2D eigenvalue weighted by Crippen LogP contribution is -2.60. The van der Waals surface area contributed by atoms with Gasteiger partial charge in [-0.05, 0) is 116 Å². The van der Waals surface area contributed by atoms with Crippen molar-refractivity contribution in [1.82, 2.24) is 34.5 Å². The number of aliphatic hydroxyl groups is 1. The predicted octanol–water partition coefficient (Wildman–Crippen LogP) is 9.85. The number of aromatic nitrogens is 4. The van der Waals surface area contributed by atoms with Gasteiger partial charge in [-0.1, -0.05) is 38.1 Å². The molecule has 21 heteroatoms. The molecule has 0 radical (unpaired) electrons. The number of pyridine rings is 3. The number of hydrogen-bond acceptors (Lipinski definition) is 16. The van der Waals surface area contributed by atoms with Gasteiger partial charge >= 0.3 is 5.69 Å². The van der Waals surface area contributed by atoms with Gasteiger partial charge in [0.15, 0.2) is 5.75 Å². The molecule has 7 aromatic rings. The van der Waals surface area contributed by atoms with Crippen molar-refractivity contribution in [2.24, 2.45) is 11.3 Å². The third-order valence-electron chi connectivity index (χ3n) is 16.8. The second kappa shape index (κ2) is 21.2. The molecule has 4 N–H and O–H groups in total. The van der Waals surface area contributed by atoms with E-state index in [9.17, 15) is 32.8 Å². The molecule has 410 valence electrons. The summed E-state index contributed by atoms with van der Waals surface area (Å²) >= 11 is 0. The third-order valence-corrected chi connectivity index (χ3v) is 18.1. The van der Waals surface area contributed by atoms with Crippen LogP contribution in [0.4, 0.5) is 21.6 Å². The highest BCUT2D eigenvalue weighted by Gasteiger charge is 2.50. The number of methoxy groups -OCH3 is 1. The van der Waals surface area contributed by atoms with Gasteiger partial charge in [0.2, 0.25) is 11.5 Å². The number of fused-ring (bicyclic) bond motifs is 2. The van der Waals surface area contributed by atoms with Gasteiger partial charge in [0, 0.05) is 99.6 Å². The Hall–Kier alpha value is -7.20. The van der Waals surface area contributed by atoms with Crippen LogP contribution in [0.5, 0.6) is 17.4 Å². The summed E-state index contributed by atoms with van der Waals surface area (Å²) in [5.74, 6) is -1.39. The fourth-order valence-electron chi connectivity index (χ4n) is 12.3. The fraction of sp³-hybridized carbons (Fsp3) is 0.439. The van der Waals surface area contributed by atoms with E-state index in [2.05, 4.69) is 88.9 Å². The van der Waals surface area contributed by atoms with Gasteiger partial charge in [-0.3, -0.25) is 24.7 Å². The van der Waals surface area contributed by atoms with Gasteiger partial charge in [0.25, 0.3) is 21.8 Å². The number of nitro groups is 1. The quantitative estimate of drug-likeness (QED) is 0.0521. The number of H-pyrrole nitrogens is 1. The molecule has 4 aliphatic rings. The highest BCUT2D eigenvalue weighted by Crippen LogP contribution is 2.54. The van der Waals surface area contributed by atoms with Gasteiger partial charge < -0.3 is 34.2 Å². The van der Waals surface area contributed by atoms with Gasteiger partial charge in [-0.2, -0.15) is 4.98 Å². The predicted molar refractivity (Wildman–Crippen MR) is 292 cm³/mol. The Morgan fingerprint density at radius 2 is 1.78 bits per heavy atom. The molecule has 5 aromatic heterocycles. The van der Waals surface area contributed by atoms with Crippen molar-refractivity contribution in [3.8, 4) is 17.4 Å². The smallest absolute Gasteiger partial charge is 0.312 e. The van der Waals surface area contributed by atoms with E-state index in [-0.39, 0.29) is 57.2 Å². The largest absolute Gasteiger partial charge is 0.478 e. The van der Waals surface area contributed by atoms with Crippen LogP contribution in [0.1, 0.15) is 111 Å². The van der Waals surface area contributed by atoms with E-state index in [4.69, 9.17) is 13.9 Å². The summed E-state index contributed by atoms with van der Waals surface area (Å²) in [6, 6.07) is 20.7. The lowest BCUT2D eigenvalue weighted by atomic mass is 9.59. The van der Waals surface area contributed by atoms with Crippen molar-refractivity contribution in [2.45, 2.75) is 107 Å². The van der Waals surface area contributed by atoms with E-state index in [0.717, 1.165) is 94.5 Å². The SMILES string of the molecule is COc1nc2[nH]cc(F)c2cc1Oc1cc(N2CCC3(CC2)CC(N2CCN(Cc4ccnc5occc45)C[C@H]2c2ccccc2C(C)C)C3)ccc1C(=O)NS(=O)(=O)c1cnc(NCC2CCC(C)(O)CC2)c([N+](=O)[O-])c1. The first-order valence-corrected chi connectivity index (χ1v) is 28.3. The molecule has 2 saturated carbocycles. The monoisotopic (exact) mass is 1080 g/mol. The maximum absolute atomic E-state index is 14.9. The van der Waals surface area contributed by atoms with Crippen LogP contribution >= 0.6 is 0 Å². The standard InChI is InChI=1S/C57H65FN10O9S/c1-35(2)41-7-5-6-8-43(41)48-34-65(33-37-13-19-59-54-42(37)14-24-76-54)22-23-67(48)39-28-57(29-39)17-20-66(21-18-57)38-9-10-44(49(25-38)77-50-27-45-46(58)32-62-51(45)63-55(50)75-4)53(69)64-78(73,74)40-26-47(68(71)72)52(61-31-40)60-30-36-11-15-56(3,70)16-12-36/h5-10,13-14,19,24-27,31-32,35-36,39,48,70H,11-12,15-18,20-23,28-30,33-34H2,1-4H3,(H,60,61)(H,62,63)(H,64,69)/t36?,48-,56?/m0/s1. The maximum atomic E-state index is 14.9. The second-order valence-corrected chi connectivity index (χ2v) is 24.0. The first-order chi connectivity index (χ1) is 37.4. The van der Waals surface area contributed by atoms with E-state index in [1.165, 1.54) is 35.9 Å². The van der Waals surface area contributed by atoms with Crippen molar-refractivity contribution in [3.05, 3.63) is 130 Å². The molecule has 2 saturated heterocycles. The molecule has 1 atom stereocenters. The van der Waals surface area contributed by atoms with E-state index < -0.39 is 42.9 Å². The van der Waals surface area contributed by atoms with Gasteiger partial charge in [-0.25, -0.2) is 27.5 Å². The number of rotatable bonds is 16. The molecular weight excluding hydrogens is 1020 g/mol.